The maximum absolute atomic E-state index is 13.7. The number of rotatable bonds is 21. The van der Waals surface area contributed by atoms with E-state index in [9.17, 15) is 54.3 Å². The van der Waals surface area contributed by atoms with E-state index in [1.807, 2.05) is 0 Å². The fourth-order valence-corrected chi connectivity index (χ4v) is 3.23. The first-order valence-corrected chi connectivity index (χ1v) is 13.4. The predicted molar refractivity (Wildman–Crippen MR) is 135 cm³/mol. The highest BCUT2D eigenvalue weighted by Crippen LogP contribution is 2.41. The molecule has 1 aromatic carbocycles. The number of alkyl halides is 8. The standard InChI is InChI=1S/C27H32F8O11/c1-4-20(36)43-16-44-21(37)8-6-5-7-11-41-23(39)14-19-12-18(10-9-17(19)2)13-22(38)42-15-24(28,29)45-27(34,35)46-26(32,33)25(30,31)40-3/h9-10,12H,4-8,11,13-16H2,1-3H3. The van der Waals surface area contributed by atoms with Crippen molar-refractivity contribution in [2.24, 2.45) is 0 Å². The van der Waals surface area contributed by atoms with Gasteiger partial charge in [-0.25, -0.2) is 9.47 Å². The minimum Gasteiger partial charge on any atom is -0.465 e. The number of unbranched alkanes of at least 4 members (excludes halogenated alkanes) is 2. The van der Waals surface area contributed by atoms with Crippen LogP contribution in [0.15, 0.2) is 18.2 Å². The Hall–Kier alpha value is -3.58. The Bertz CT molecular complexity index is 1180. The Morgan fingerprint density at radius 1 is 0.717 bits per heavy atom. The number of esters is 4. The van der Waals surface area contributed by atoms with E-state index in [0.29, 0.717) is 30.4 Å². The van der Waals surface area contributed by atoms with E-state index in [-0.39, 0.29) is 38.5 Å². The van der Waals surface area contributed by atoms with Gasteiger partial charge >= 0.3 is 48.5 Å². The van der Waals surface area contributed by atoms with Gasteiger partial charge in [0.1, 0.15) is 0 Å². The van der Waals surface area contributed by atoms with Crippen molar-refractivity contribution in [2.45, 2.75) is 83.4 Å². The van der Waals surface area contributed by atoms with Gasteiger partial charge in [0.15, 0.2) is 6.61 Å². The predicted octanol–water partition coefficient (Wildman–Crippen LogP) is 5.19. The second-order valence-electron chi connectivity index (χ2n) is 9.35. The third-order valence-corrected chi connectivity index (χ3v) is 5.63. The first-order chi connectivity index (χ1) is 21.2. The molecule has 1 aromatic rings. The molecule has 0 unspecified atom stereocenters. The third kappa shape index (κ3) is 15.1. The molecule has 262 valence electrons. The maximum Gasteiger partial charge on any atom is 0.495 e. The number of hydrogen-bond donors (Lipinski definition) is 0. The summed E-state index contributed by atoms with van der Waals surface area (Å²) in [4.78, 5) is 46.7. The molecule has 19 heteroatoms. The van der Waals surface area contributed by atoms with E-state index in [1.165, 1.54) is 18.2 Å². The molecule has 46 heavy (non-hydrogen) atoms. The summed E-state index contributed by atoms with van der Waals surface area (Å²) in [6.07, 6.45) is -22.2. The van der Waals surface area contributed by atoms with Gasteiger partial charge in [0.2, 0.25) is 6.79 Å². The van der Waals surface area contributed by atoms with Crippen LogP contribution in [0.1, 0.15) is 55.7 Å². The van der Waals surface area contributed by atoms with Gasteiger partial charge in [0.05, 0.1) is 19.4 Å². The van der Waals surface area contributed by atoms with Crippen LogP contribution >= 0.6 is 0 Å². The van der Waals surface area contributed by atoms with Gasteiger partial charge in [0.25, 0.3) is 0 Å². The molecule has 11 nitrogen and oxygen atoms in total. The van der Waals surface area contributed by atoms with Crippen molar-refractivity contribution in [1.29, 1.82) is 0 Å². The van der Waals surface area contributed by atoms with Gasteiger partial charge in [0, 0.05) is 20.0 Å². The molecule has 0 spiro atoms. The summed E-state index contributed by atoms with van der Waals surface area (Å²) in [5, 5.41) is 0. The number of benzene rings is 1. The lowest BCUT2D eigenvalue weighted by molar-refractivity contribution is -0.552. The van der Waals surface area contributed by atoms with Crippen molar-refractivity contribution in [3.63, 3.8) is 0 Å². The zero-order valence-electron chi connectivity index (χ0n) is 24.8. The number of methoxy groups -OCH3 is 1. The number of ether oxygens (including phenoxy) is 7. The Kier molecular flexibility index (Phi) is 15.8. The lowest BCUT2D eigenvalue weighted by Gasteiger charge is -2.29. The number of hydrogen-bond acceptors (Lipinski definition) is 11. The van der Waals surface area contributed by atoms with Crippen LogP contribution < -0.4 is 0 Å². The molecule has 0 aliphatic rings. The molecule has 0 fully saturated rings. The van der Waals surface area contributed by atoms with Crippen LogP contribution in [0.5, 0.6) is 0 Å². The molecule has 0 saturated carbocycles. The van der Waals surface area contributed by atoms with E-state index in [1.54, 1.807) is 13.8 Å². The molecule has 1 rings (SSSR count). The molecule has 0 radical (unpaired) electrons. The van der Waals surface area contributed by atoms with Crippen LogP contribution in [0, 0.1) is 6.92 Å². The summed E-state index contributed by atoms with van der Waals surface area (Å²) in [5.41, 5.74) is 1.13. The molecule has 0 N–H and O–H groups in total. The second kappa shape index (κ2) is 17.9. The fraction of sp³-hybridized carbons (Fsp3) is 0.630. The van der Waals surface area contributed by atoms with Gasteiger partial charge in [-0.15, -0.1) is 8.78 Å². The molecule has 0 saturated heterocycles. The summed E-state index contributed by atoms with van der Waals surface area (Å²) in [6.45, 7) is 0.541. The van der Waals surface area contributed by atoms with Crippen LogP contribution in [-0.2, 0) is 65.2 Å². The Morgan fingerprint density at radius 2 is 1.35 bits per heavy atom. The zero-order chi connectivity index (χ0) is 35.2. The van der Waals surface area contributed by atoms with Crippen LogP contribution in [0.4, 0.5) is 35.1 Å². The Balaban J connectivity index is 2.50. The van der Waals surface area contributed by atoms with Crippen molar-refractivity contribution in [1.82, 2.24) is 0 Å². The topological polar surface area (TPSA) is 133 Å². The highest BCUT2D eigenvalue weighted by atomic mass is 19.3. The highest BCUT2D eigenvalue weighted by Gasteiger charge is 2.65. The van der Waals surface area contributed by atoms with Crippen molar-refractivity contribution in [3.05, 3.63) is 34.9 Å². The number of carbonyl (C=O) groups excluding carboxylic acids is 4. The number of carbonyl (C=O) groups is 4. The van der Waals surface area contributed by atoms with Gasteiger partial charge in [-0.2, -0.15) is 26.3 Å². The molecule has 0 aliphatic carbocycles. The van der Waals surface area contributed by atoms with Crippen LogP contribution in [0.25, 0.3) is 0 Å². The third-order valence-electron chi connectivity index (χ3n) is 5.63. The van der Waals surface area contributed by atoms with Gasteiger partial charge in [-0.3, -0.25) is 19.2 Å². The smallest absolute Gasteiger partial charge is 0.465 e. The lowest BCUT2D eigenvalue weighted by atomic mass is 10.0. The zero-order valence-corrected chi connectivity index (χ0v) is 24.8. The monoisotopic (exact) mass is 684 g/mol. The van der Waals surface area contributed by atoms with Crippen LogP contribution in [0.2, 0.25) is 0 Å². The fourth-order valence-electron chi connectivity index (χ4n) is 3.23. The first-order valence-electron chi connectivity index (χ1n) is 13.4. The molecule has 0 bridgehead atoms. The quantitative estimate of drug-likeness (QED) is 0.0557. The van der Waals surface area contributed by atoms with Crippen LogP contribution in [-0.4, -0.2) is 75.6 Å². The van der Waals surface area contributed by atoms with E-state index in [2.05, 4.69) is 23.7 Å². The highest BCUT2D eigenvalue weighted by molar-refractivity contribution is 5.75. The lowest BCUT2D eigenvalue weighted by Crippen LogP contribution is -2.51. The Labute approximate surface area is 257 Å². The summed E-state index contributed by atoms with van der Waals surface area (Å²) >= 11 is 0. The summed E-state index contributed by atoms with van der Waals surface area (Å²) in [6, 6.07) is 4.22. The maximum atomic E-state index is 13.7. The largest absolute Gasteiger partial charge is 0.495 e. The van der Waals surface area contributed by atoms with Crippen molar-refractivity contribution in [2.75, 3.05) is 27.1 Å². The number of aryl methyl sites for hydroxylation is 1. The second-order valence-corrected chi connectivity index (χ2v) is 9.35. The summed E-state index contributed by atoms with van der Waals surface area (Å²) in [5.74, 6) is -3.13. The average Bonchev–Trinajstić information content (AvgIpc) is 2.94. The molecule has 0 atom stereocenters. The summed E-state index contributed by atoms with van der Waals surface area (Å²) in [7, 11) is 0.0143. The number of halogens is 8. The molecule has 0 amide bonds. The molecular weight excluding hydrogens is 652 g/mol. The van der Waals surface area contributed by atoms with E-state index >= 15 is 0 Å². The van der Waals surface area contributed by atoms with Crippen LogP contribution in [0.3, 0.4) is 0 Å². The Morgan fingerprint density at radius 3 is 1.98 bits per heavy atom. The van der Waals surface area contributed by atoms with Crippen molar-refractivity contribution < 1.29 is 87.5 Å². The average molecular weight is 685 g/mol. The minimum absolute atomic E-state index is 0.0143. The van der Waals surface area contributed by atoms with Crippen molar-refractivity contribution in [3.8, 4) is 0 Å². The van der Waals surface area contributed by atoms with Crippen molar-refractivity contribution >= 4 is 23.9 Å². The molecular formula is C27H32F8O11. The van der Waals surface area contributed by atoms with Gasteiger partial charge in [-0.1, -0.05) is 25.1 Å². The molecule has 0 aliphatic heterocycles. The molecule has 0 aromatic heterocycles. The first kappa shape index (κ1) is 40.4. The minimum atomic E-state index is -6.08. The van der Waals surface area contributed by atoms with Gasteiger partial charge < -0.3 is 23.7 Å². The normalized spacial score (nSPS) is 12.4. The van der Waals surface area contributed by atoms with E-state index in [0.717, 1.165) is 0 Å². The molecule has 0 heterocycles. The summed E-state index contributed by atoms with van der Waals surface area (Å²) < 4.78 is 133. The SMILES string of the molecule is CCC(=O)OCOC(=O)CCCCCOC(=O)Cc1cc(CC(=O)OCC(F)(F)OC(F)(F)OC(F)(F)C(F)(F)OC)ccc1C. The van der Waals surface area contributed by atoms with E-state index in [4.69, 9.17) is 9.47 Å². The van der Waals surface area contributed by atoms with Gasteiger partial charge in [-0.05, 0) is 42.9 Å². The van der Waals surface area contributed by atoms with E-state index < -0.39 is 68.3 Å².